The minimum absolute atomic E-state index is 0.160. The Morgan fingerprint density at radius 3 is 2.83 bits per heavy atom. The topological polar surface area (TPSA) is 67.8 Å². The van der Waals surface area contributed by atoms with Crippen molar-refractivity contribution in [3.8, 4) is 0 Å². The lowest BCUT2D eigenvalue weighted by molar-refractivity contribution is -0.0205. The largest absolute Gasteiger partial charge is 0.392 e. The highest BCUT2D eigenvalue weighted by molar-refractivity contribution is 5.61. The summed E-state index contributed by atoms with van der Waals surface area (Å²) in [6.45, 7) is 5.12. The number of likely N-dealkylation sites (tertiary alicyclic amines) is 1. The molecule has 0 aliphatic carbocycles. The van der Waals surface area contributed by atoms with Gasteiger partial charge >= 0.3 is 0 Å². The van der Waals surface area contributed by atoms with Gasteiger partial charge in [-0.05, 0) is 56.4 Å². The molecule has 0 saturated carbocycles. The van der Waals surface area contributed by atoms with Gasteiger partial charge in [0.05, 0.1) is 12.2 Å². The quantitative estimate of drug-likeness (QED) is 0.659. The van der Waals surface area contributed by atoms with E-state index in [1.54, 1.807) is 0 Å². The van der Waals surface area contributed by atoms with Crippen molar-refractivity contribution in [2.45, 2.75) is 36.9 Å². The molecule has 0 bridgehead atoms. The Morgan fingerprint density at radius 2 is 2.04 bits per heavy atom. The van der Waals surface area contributed by atoms with Gasteiger partial charge in [0.15, 0.2) is 0 Å². The Labute approximate surface area is 144 Å². The van der Waals surface area contributed by atoms with E-state index in [2.05, 4.69) is 33.7 Å². The van der Waals surface area contributed by atoms with Crippen LogP contribution in [0.15, 0.2) is 24.3 Å². The number of para-hydroxylation sites is 1. The van der Waals surface area contributed by atoms with Gasteiger partial charge in [-0.2, -0.15) is 0 Å². The van der Waals surface area contributed by atoms with Crippen LogP contribution in [-0.4, -0.2) is 66.6 Å². The number of nitrogens with zero attached hydrogens (tertiary/aromatic N) is 1. The van der Waals surface area contributed by atoms with Gasteiger partial charge in [0.25, 0.3) is 0 Å². The van der Waals surface area contributed by atoms with Crippen molar-refractivity contribution < 1.29 is 10.2 Å². The third-order valence-electron chi connectivity index (χ3n) is 6.37. The zero-order valence-electron chi connectivity index (χ0n) is 14.2. The third kappa shape index (κ3) is 2.84. The molecule has 3 aliphatic heterocycles. The molecule has 5 nitrogen and oxygen atoms in total. The molecule has 1 aromatic carbocycles. The van der Waals surface area contributed by atoms with E-state index in [1.807, 2.05) is 6.07 Å². The van der Waals surface area contributed by atoms with Gasteiger partial charge in [-0.3, -0.25) is 4.90 Å². The molecule has 3 aliphatic rings. The van der Waals surface area contributed by atoms with Crippen LogP contribution in [0.3, 0.4) is 0 Å². The molecular weight excluding hydrogens is 302 g/mol. The van der Waals surface area contributed by atoms with Crippen molar-refractivity contribution in [2.24, 2.45) is 5.92 Å². The van der Waals surface area contributed by atoms with Gasteiger partial charge in [0, 0.05) is 30.7 Å². The van der Waals surface area contributed by atoms with Gasteiger partial charge in [0.1, 0.15) is 0 Å². The van der Waals surface area contributed by atoms with E-state index in [-0.39, 0.29) is 17.6 Å². The average molecular weight is 331 g/mol. The molecule has 4 N–H and O–H groups in total. The van der Waals surface area contributed by atoms with Crippen molar-refractivity contribution in [1.82, 2.24) is 10.2 Å². The van der Waals surface area contributed by atoms with Crippen molar-refractivity contribution >= 4 is 5.69 Å². The lowest BCUT2D eigenvalue weighted by Crippen LogP contribution is -2.56. The van der Waals surface area contributed by atoms with Crippen molar-refractivity contribution in [3.63, 3.8) is 0 Å². The maximum absolute atomic E-state index is 10.9. The number of aliphatic hydroxyl groups excluding tert-OH is 2. The molecule has 0 aromatic heterocycles. The van der Waals surface area contributed by atoms with E-state index in [4.69, 9.17) is 0 Å². The van der Waals surface area contributed by atoms with Crippen LogP contribution < -0.4 is 10.6 Å². The second kappa shape index (κ2) is 6.64. The van der Waals surface area contributed by atoms with Crippen LogP contribution >= 0.6 is 0 Å². The molecule has 1 spiro atoms. The maximum Gasteiger partial charge on any atom is 0.0781 e. The highest BCUT2D eigenvalue weighted by Crippen LogP contribution is 2.44. The first kappa shape index (κ1) is 16.3. The molecule has 132 valence electrons. The number of hydrogen-bond acceptors (Lipinski definition) is 5. The molecule has 24 heavy (non-hydrogen) atoms. The first-order valence-corrected chi connectivity index (χ1v) is 9.32. The summed E-state index contributed by atoms with van der Waals surface area (Å²) >= 11 is 0. The highest BCUT2D eigenvalue weighted by Gasteiger charge is 2.47. The van der Waals surface area contributed by atoms with E-state index in [1.165, 1.54) is 11.3 Å². The molecule has 0 amide bonds. The fraction of sp³-hybridized carbons (Fsp3) is 0.684. The Hall–Kier alpha value is -1.14. The average Bonchev–Trinajstić information content (AvgIpc) is 2.99. The van der Waals surface area contributed by atoms with Crippen molar-refractivity contribution in [2.75, 3.05) is 44.6 Å². The standard InChI is InChI=1S/C19H29N3O2/c23-17(14-5-8-20-9-6-14)11-22-10-7-19(18(24)12-22)13-21-16-4-2-1-3-15(16)19/h1-4,14,17-18,20-21,23-24H,5-13H2. The Bertz CT molecular complexity index is 575. The first-order valence-electron chi connectivity index (χ1n) is 9.32. The maximum atomic E-state index is 10.9. The zero-order chi connectivity index (χ0) is 16.6. The second-order valence-corrected chi connectivity index (χ2v) is 7.74. The predicted octanol–water partition coefficient (Wildman–Crippen LogP) is 0.777. The molecule has 3 unspecified atom stereocenters. The minimum Gasteiger partial charge on any atom is -0.392 e. The summed E-state index contributed by atoms with van der Waals surface area (Å²) in [4.78, 5) is 2.25. The summed E-state index contributed by atoms with van der Waals surface area (Å²) in [5.41, 5.74) is 2.27. The van der Waals surface area contributed by atoms with Gasteiger partial charge in [-0.15, -0.1) is 0 Å². The third-order valence-corrected chi connectivity index (χ3v) is 6.37. The van der Waals surface area contributed by atoms with Gasteiger partial charge in [-0.1, -0.05) is 18.2 Å². The lowest BCUT2D eigenvalue weighted by Gasteiger charge is -2.44. The number of benzene rings is 1. The second-order valence-electron chi connectivity index (χ2n) is 7.74. The summed E-state index contributed by atoms with van der Waals surface area (Å²) < 4.78 is 0. The van der Waals surface area contributed by atoms with Crippen LogP contribution in [0.1, 0.15) is 24.8 Å². The van der Waals surface area contributed by atoms with Crippen molar-refractivity contribution in [1.29, 1.82) is 0 Å². The Morgan fingerprint density at radius 1 is 1.25 bits per heavy atom. The predicted molar refractivity (Wildman–Crippen MR) is 95.3 cm³/mol. The summed E-state index contributed by atoms with van der Waals surface area (Å²) in [6, 6.07) is 8.36. The van der Waals surface area contributed by atoms with E-state index >= 15 is 0 Å². The molecule has 5 heteroatoms. The summed E-state index contributed by atoms with van der Waals surface area (Å²) in [5.74, 6) is 0.396. The van der Waals surface area contributed by atoms with Crippen LogP contribution in [0.2, 0.25) is 0 Å². The molecule has 3 heterocycles. The smallest absolute Gasteiger partial charge is 0.0781 e. The number of β-amino-alcohol motifs (C(OH)–C–C–N with tert-alkyl or cyclic N) is 2. The number of aliphatic hydroxyl groups is 2. The fourth-order valence-corrected chi connectivity index (χ4v) is 4.78. The summed E-state index contributed by atoms with van der Waals surface area (Å²) in [6.07, 6.45) is 2.39. The molecule has 0 radical (unpaired) electrons. The number of nitrogens with one attached hydrogen (secondary N) is 2. The van der Waals surface area contributed by atoms with Crippen molar-refractivity contribution in [3.05, 3.63) is 29.8 Å². The number of piperidine rings is 2. The van der Waals surface area contributed by atoms with Crippen LogP contribution in [0.5, 0.6) is 0 Å². The van der Waals surface area contributed by atoms with Gasteiger partial charge < -0.3 is 20.8 Å². The number of rotatable bonds is 3. The van der Waals surface area contributed by atoms with Gasteiger partial charge in [-0.25, -0.2) is 0 Å². The lowest BCUT2D eigenvalue weighted by atomic mass is 9.72. The molecular formula is C19H29N3O2. The van der Waals surface area contributed by atoms with E-state index in [0.29, 0.717) is 19.0 Å². The van der Waals surface area contributed by atoms with Crippen LogP contribution in [-0.2, 0) is 5.41 Å². The molecule has 2 saturated heterocycles. The number of hydrogen-bond donors (Lipinski definition) is 4. The van der Waals surface area contributed by atoms with Crippen LogP contribution in [0, 0.1) is 5.92 Å². The zero-order valence-corrected chi connectivity index (χ0v) is 14.2. The summed E-state index contributed by atoms with van der Waals surface area (Å²) in [7, 11) is 0. The molecule has 3 atom stereocenters. The number of fused-ring (bicyclic) bond motifs is 2. The Balaban J connectivity index is 1.40. The SMILES string of the molecule is OC(CN1CCC2(CNc3ccccc32)C(O)C1)C1CCNCC1. The minimum atomic E-state index is -0.386. The number of anilines is 1. The first-order chi connectivity index (χ1) is 11.7. The van der Waals surface area contributed by atoms with E-state index in [9.17, 15) is 10.2 Å². The van der Waals surface area contributed by atoms with Crippen LogP contribution in [0.4, 0.5) is 5.69 Å². The normalized spacial score (nSPS) is 32.5. The van der Waals surface area contributed by atoms with Gasteiger partial charge in [0.2, 0.25) is 0 Å². The molecule has 1 aromatic rings. The molecule has 2 fully saturated rings. The van der Waals surface area contributed by atoms with Crippen LogP contribution in [0.25, 0.3) is 0 Å². The highest BCUT2D eigenvalue weighted by atomic mass is 16.3. The van der Waals surface area contributed by atoms with E-state index < -0.39 is 0 Å². The fourth-order valence-electron chi connectivity index (χ4n) is 4.78. The molecule has 4 rings (SSSR count). The van der Waals surface area contributed by atoms with E-state index in [0.717, 1.165) is 45.4 Å². The Kier molecular flexibility index (Phi) is 4.52. The monoisotopic (exact) mass is 331 g/mol. The summed E-state index contributed by atoms with van der Waals surface area (Å²) in [5, 5.41) is 28.3.